The molecule has 0 aliphatic carbocycles. The zero-order chi connectivity index (χ0) is 13.7. The number of nitrogens with one attached hydrogen (secondary N) is 2. The molecule has 19 heavy (non-hydrogen) atoms. The standard InChI is InChI=1S/C11H14N4O2S2/c1-2-12-6-10-3-11(7-18-10)19(16,17)15-9-4-13-8-14-5-9/h3-5,7-8,12,15H,2,6H2,1H3. The van der Waals surface area contributed by atoms with Gasteiger partial charge in [0.1, 0.15) is 6.33 Å². The van der Waals surface area contributed by atoms with Crippen LogP contribution in [0.3, 0.4) is 0 Å². The van der Waals surface area contributed by atoms with Gasteiger partial charge in [-0.25, -0.2) is 18.4 Å². The van der Waals surface area contributed by atoms with Crippen molar-refractivity contribution < 1.29 is 8.42 Å². The van der Waals surface area contributed by atoms with Gasteiger partial charge in [-0.3, -0.25) is 4.72 Å². The maximum absolute atomic E-state index is 12.1. The van der Waals surface area contributed by atoms with Gasteiger partial charge in [-0.2, -0.15) is 0 Å². The van der Waals surface area contributed by atoms with Crippen LogP contribution in [0.5, 0.6) is 0 Å². The van der Waals surface area contributed by atoms with E-state index in [0.29, 0.717) is 12.2 Å². The topological polar surface area (TPSA) is 84.0 Å². The molecule has 0 aliphatic heterocycles. The minimum absolute atomic E-state index is 0.259. The van der Waals surface area contributed by atoms with Crippen LogP contribution in [0.4, 0.5) is 5.69 Å². The molecule has 2 N–H and O–H groups in total. The number of hydrogen-bond donors (Lipinski definition) is 2. The second-order valence-electron chi connectivity index (χ2n) is 3.76. The van der Waals surface area contributed by atoms with E-state index in [9.17, 15) is 8.42 Å². The summed E-state index contributed by atoms with van der Waals surface area (Å²) in [5, 5.41) is 4.78. The highest BCUT2D eigenvalue weighted by atomic mass is 32.2. The van der Waals surface area contributed by atoms with Gasteiger partial charge in [-0.15, -0.1) is 11.3 Å². The van der Waals surface area contributed by atoms with Crippen molar-refractivity contribution in [3.8, 4) is 0 Å². The second-order valence-corrected chi connectivity index (χ2v) is 6.44. The van der Waals surface area contributed by atoms with Gasteiger partial charge in [0.25, 0.3) is 10.0 Å². The van der Waals surface area contributed by atoms with Gasteiger partial charge < -0.3 is 5.32 Å². The maximum atomic E-state index is 12.1. The van der Waals surface area contributed by atoms with Crippen LogP contribution in [0.2, 0.25) is 0 Å². The molecule has 2 heterocycles. The number of sulfonamides is 1. The summed E-state index contributed by atoms with van der Waals surface area (Å²) in [6.07, 6.45) is 4.17. The molecule has 0 aliphatic rings. The average Bonchev–Trinajstić information content (AvgIpc) is 2.86. The molecule has 8 heteroatoms. The van der Waals surface area contributed by atoms with Crippen LogP contribution >= 0.6 is 11.3 Å². The molecule has 102 valence electrons. The molecule has 0 radical (unpaired) electrons. The molecular formula is C11H14N4O2S2. The van der Waals surface area contributed by atoms with Crippen LogP contribution < -0.4 is 10.0 Å². The van der Waals surface area contributed by atoms with E-state index in [1.54, 1.807) is 11.4 Å². The maximum Gasteiger partial charge on any atom is 0.262 e. The molecule has 0 amide bonds. The van der Waals surface area contributed by atoms with Gasteiger partial charge in [-0.05, 0) is 12.6 Å². The number of thiophene rings is 1. The summed E-state index contributed by atoms with van der Waals surface area (Å²) in [4.78, 5) is 8.76. The Balaban J connectivity index is 2.13. The summed E-state index contributed by atoms with van der Waals surface area (Å²) in [6.45, 7) is 3.52. The highest BCUT2D eigenvalue weighted by Gasteiger charge is 2.16. The number of rotatable bonds is 6. The zero-order valence-electron chi connectivity index (χ0n) is 10.3. The average molecular weight is 298 g/mol. The number of anilines is 1. The lowest BCUT2D eigenvalue weighted by molar-refractivity contribution is 0.601. The van der Waals surface area contributed by atoms with Crippen molar-refractivity contribution in [1.82, 2.24) is 15.3 Å². The number of hydrogen-bond acceptors (Lipinski definition) is 6. The monoisotopic (exact) mass is 298 g/mol. The third-order valence-corrected chi connectivity index (χ3v) is 4.75. The summed E-state index contributed by atoms with van der Waals surface area (Å²) in [7, 11) is -3.56. The molecule has 0 bridgehead atoms. The lowest BCUT2D eigenvalue weighted by Gasteiger charge is -2.04. The molecular weight excluding hydrogens is 284 g/mol. The number of aromatic nitrogens is 2. The van der Waals surface area contributed by atoms with Crippen molar-refractivity contribution in [1.29, 1.82) is 0 Å². The van der Waals surface area contributed by atoms with Crippen LogP contribution in [0.1, 0.15) is 11.8 Å². The minimum atomic E-state index is -3.56. The predicted molar refractivity (Wildman–Crippen MR) is 74.5 cm³/mol. The van der Waals surface area contributed by atoms with Crippen molar-refractivity contribution in [3.63, 3.8) is 0 Å². The first-order chi connectivity index (χ1) is 9.12. The molecule has 2 aromatic rings. The van der Waals surface area contributed by atoms with Gasteiger partial charge in [0, 0.05) is 16.8 Å². The van der Waals surface area contributed by atoms with Crippen LogP contribution in [0.15, 0.2) is 35.1 Å². The largest absolute Gasteiger partial charge is 0.312 e. The second kappa shape index (κ2) is 6.09. The van der Waals surface area contributed by atoms with Gasteiger partial charge >= 0.3 is 0 Å². The molecule has 0 saturated carbocycles. The van der Waals surface area contributed by atoms with E-state index in [2.05, 4.69) is 20.0 Å². The SMILES string of the molecule is CCNCc1cc(S(=O)(=O)Nc2cncnc2)cs1. The Morgan fingerprint density at radius 2 is 2.05 bits per heavy atom. The molecule has 0 atom stereocenters. The van der Waals surface area contributed by atoms with E-state index in [1.807, 2.05) is 6.92 Å². The fourth-order valence-electron chi connectivity index (χ4n) is 1.41. The summed E-state index contributed by atoms with van der Waals surface area (Å²) < 4.78 is 26.7. The Morgan fingerprint density at radius 1 is 1.32 bits per heavy atom. The minimum Gasteiger partial charge on any atom is -0.312 e. The van der Waals surface area contributed by atoms with E-state index >= 15 is 0 Å². The molecule has 2 rings (SSSR count). The van der Waals surface area contributed by atoms with E-state index < -0.39 is 10.0 Å². The lowest BCUT2D eigenvalue weighted by atomic mass is 10.4. The van der Waals surface area contributed by atoms with Crippen molar-refractivity contribution >= 4 is 27.0 Å². The lowest BCUT2D eigenvalue weighted by Crippen LogP contribution is -2.13. The highest BCUT2D eigenvalue weighted by molar-refractivity contribution is 7.92. The van der Waals surface area contributed by atoms with Crippen molar-refractivity contribution in [3.05, 3.63) is 35.0 Å². The fourth-order valence-corrected chi connectivity index (χ4v) is 3.68. The van der Waals surface area contributed by atoms with Crippen LogP contribution in [0, 0.1) is 0 Å². The normalized spacial score (nSPS) is 11.4. The third kappa shape index (κ3) is 3.72. The summed E-state index contributed by atoms with van der Waals surface area (Å²) >= 11 is 1.41. The summed E-state index contributed by atoms with van der Waals surface area (Å²) in [5.74, 6) is 0. The first-order valence-corrected chi connectivity index (χ1v) is 8.04. The van der Waals surface area contributed by atoms with Crippen molar-refractivity contribution in [2.45, 2.75) is 18.4 Å². The quantitative estimate of drug-likeness (QED) is 0.843. The van der Waals surface area contributed by atoms with Crippen LogP contribution in [-0.4, -0.2) is 24.9 Å². The molecule has 0 spiro atoms. The van der Waals surface area contributed by atoms with Crippen LogP contribution in [0.25, 0.3) is 0 Å². The van der Waals surface area contributed by atoms with Gasteiger partial charge in [0.2, 0.25) is 0 Å². The van der Waals surface area contributed by atoms with E-state index in [4.69, 9.17) is 0 Å². The third-order valence-electron chi connectivity index (χ3n) is 2.30. The summed E-state index contributed by atoms with van der Waals surface area (Å²) in [5.41, 5.74) is 0.349. The smallest absolute Gasteiger partial charge is 0.262 e. The van der Waals surface area contributed by atoms with Gasteiger partial charge in [0.15, 0.2) is 0 Å². The van der Waals surface area contributed by atoms with Crippen LogP contribution in [-0.2, 0) is 16.6 Å². The number of nitrogens with zero attached hydrogens (tertiary/aromatic N) is 2. The van der Waals surface area contributed by atoms with E-state index in [-0.39, 0.29) is 4.90 Å². The highest BCUT2D eigenvalue weighted by Crippen LogP contribution is 2.21. The Morgan fingerprint density at radius 3 is 2.74 bits per heavy atom. The molecule has 0 unspecified atom stereocenters. The van der Waals surface area contributed by atoms with Gasteiger partial charge in [-0.1, -0.05) is 6.92 Å². The molecule has 6 nitrogen and oxygen atoms in total. The predicted octanol–water partition coefficient (Wildman–Crippen LogP) is 1.45. The van der Waals surface area contributed by atoms with Crippen molar-refractivity contribution in [2.24, 2.45) is 0 Å². The van der Waals surface area contributed by atoms with Gasteiger partial charge in [0.05, 0.1) is 23.0 Å². The Labute approximate surface area is 116 Å². The summed E-state index contributed by atoms with van der Waals surface area (Å²) in [6, 6.07) is 1.67. The first kappa shape index (κ1) is 13.9. The Bertz CT molecular complexity index is 625. The van der Waals surface area contributed by atoms with Crippen molar-refractivity contribution in [2.75, 3.05) is 11.3 Å². The molecule has 0 fully saturated rings. The molecule has 0 aromatic carbocycles. The zero-order valence-corrected chi connectivity index (χ0v) is 12.0. The molecule has 2 aromatic heterocycles. The van der Waals surface area contributed by atoms with E-state index in [0.717, 1.165) is 11.4 Å². The fraction of sp³-hybridized carbons (Fsp3) is 0.273. The van der Waals surface area contributed by atoms with E-state index in [1.165, 1.54) is 30.1 Å². The molecule has 0 saturated heterocycles. The Kier molecular flexibility index (Phi) is 4.46. The Hall–Kier alpha value is -1.51. The first-order valence-electron chi connectivity index (χ1n) is 5.68.